The molecule has 1 aliphatic carbocycles. The predicted molar refractivity (Wildman–Crippen MR) is 212 cm³/mol. The van der Waals surface area contributed by atoms with E-state index in [0.29, 0.717) is 12.1 Å². The second kappa shape index (κ2) is 14.0. The number of carbonyl (C=O) groups is 2. The molecule has 2 heterocycles. The number of rotatable bonds is 9. The second-order valence-electron chi connectivity index (χ2n) is 15.9. The highest BCUT2D eigenvalue weighted by Crippen LogP contribution is 2.59. The largest absolute Gasteiger partial charge is 0.508 e. The summed E-state index contributed by atoms with van der Waals surface area (Å²) in [5.74, 6) is -4.90. The summed E-state index contributed by atoms with van der Waals surface area (Å²) in [4.78, 5) is 30.3. The van der Waals surface area contributed by atoms with E-state index >= 15 is 0 Å². The maximum absolute atomic E-state index is 14.5. The Balaban J connectivity index is 1.15. The predicted octanol–water partition coefficient (Wildman–Crippen LogP) is 7.30. The van der Waals surface area contributed by atoms with Crippen molar-refractivity contribution in [2.45, 2.75) is 50.5 Å². The monoisotopic (exact) mass is 738 g/mol. The molecule has 3 N–H and O–H groups in total. The van der Waals surface area contributed by atoms with Crippen LogP contribution in [0.25, 0.3) is 0 Å². The molecule has 5 aromatic rings. The number of nitrogens with zero attached hydrogens (tertiary/aromatic N) is 1. The highest BCUT2D eigenvalue weighted by atomic mass is 28.4. The van der Waals surface area contributed by atoms with Crippen LogP contribution in [-0.2, 0) is 18.8 Å². The normalized spacial score (nSPS) is 25.3. The Morgan fingerprint density at radius 1 is 0.759 bits per heavy atom. The number of ether oxygens (including phenoxy) is 1. The fourth-order valence-electron chi connectivity index (χ4n) is 9.19. The summed E-state index contributed by atoms with van der Waals surface area (Å²) in [7, 11) is -3.02. The molecular weight excluding hydrogens is 693 g/mol. The Hall–Kier alpha value is -5.06. The van der Waals surface area contributed by atoms with Crippen molar-refractivity contribution in [3.05, 3.63) is 145 Å². The van der Waals surface area contributed by atoms with E-state index in [2.05, 4.69) is 50.4 Å². The Morgan fingerprint density at radius 2 is 1.31 bits per heavy atom. The second-order valence-corrected chi connectivity index (χ2v) is 20.2. The fraction of sp³-hybridized carbons (Fsp3) is 0.289. The lowest BCUT2D eigenvalue weighted by atomic mass is 9.64. The molecule has 54 heavy (non-hydrogen) atoms. The molecule has 0 bridgehead atoms. The number of aliphatic hydroxyl groups is 1. The number of nitrogens with one attached hydrogen (secondary N) is 1. The van der Waals surface area contributed by atoms with Gasteiger partial charge in [0.25, 0.3) is 8.32 Å². The number of imide groups is 1. The molecule has 9 heteroatoms. The van der Waals surface area contributed by atoms with E-state index in [9.17, 15) is 19.8 Å². The Kier molecular flexibility index (Phi) is 9.30. The molecule has 8 rings (SSSR count). The zero-order chi connectivity index (χ0) is 37.7. The lowest BCUT2D eigenvalue weighted by molar-refractivity contribution is -0.273. The van der Waals surface area contributed by atoms with E-state index in [0.717, 1.165) is 27.3 Å². The third-order valence-corrected chi connectivity index (χ3v) is 16.7. The smallest absolute Gasteiger partial charge is 0.261 e. The zero-order valence-corrected chi connectivity index (χ0v) is 31.8. The van der Waals surface area contributed by atoms with Crippen molar-refractivity contribution in [3.8, 4) is 5.75 Å². The number of para-hydroxylation sites is 1. The molecule has 3 aliphatic rings. The number of hydrogen-bond donors (Lipinski definition) is 3. The van der Waals surface area contributed by atoms with Crippen molar-refractivity contribution in [2.24, 2.45) is 23.7 Å². The van der Waals surface area contributed by atoms with Gasteiger partial charge in [-0.2, -0.15) is 0 Å². The molecule has 6 atom stereocenters. The number of fused-ring (bicyclic) bond motifs is 3. The van der Waals surface area contributed by atoms with Gasteiger partial charge in [-0.3, -0.25) is 14.5 Å². The van der Waals surface area contributed by atoms with Gasteiger partial charge in [0.15, 0.2) is 5.79 Å². The quantitative estimate of drug-likeness (QED) is 0.108. The molecule has 2 amide bonds. The van der Waals surface area contributed by atoms with E-state index in [-0.39, 0.29) is 35.6 Å². The third kappa shape index (κ3) is 6.15. The lowest BCUT2D eigenvalue weighted by Crippen LogP contribution is -2.67. The average molecular weight is 739 g/mol. The summed E-state index contributed by atoms with van der Waals surface area (Å²) >= 11 is 0. The van der Waals surface area contributed by atoms with E-state index in [1.165, 1.54) is 4.90 Å². The van der Waals surface area contributed by atoms with Gasteiger partial charge >= 0.3 is 0 Å². The molecule has 8 nitrogen and oxygen atoms in total. The maximum Gasteiger partial charge on any atom is 0.261 e. The topological polar surface area (TPSA) is 108 Å². The van der Waals surface area contributed by atoms with Crippen molar-refractivity contribution in [1.29, 1.82) is 0 Å². The van der Waals surface area contributed by atoms with Gasteiger partial charge in [0.05, 0.1) is 23.6 Å². The highest BCUT2D eigenvalue weighted by Gasteiger charge is 2.67. The minimum absolute atomic E-state index is 0.127. The number of carbonyl (C=O) groups excluding carboxylic acids is 2. The van der Waals surface area contributed by atoms with Crippen LogP contribution in [0, 0.1) is 23.7 Å². The SMILES string of the molecule is CC(C)(C)[Si](OC[C@H]1C[C@@H]2C(=O)N(c3ccc(Nc4ccccc4)cc3)C(=O)[C@@H]2[C@@H]2C[C@@H](c3ccc(O)cc3)O[C@]12O)(c1ccccc1)c1ccccc1. The number of anilines is 3. The van der Waals surface area contributed by atoms with Gasteiger partial charge in [-0.1, -0.05) is 112 Å². The average Bonchev–Trinajstić information content (AvgIpc) is 3.66. The third-order valence-electron chi connectivity index (χ3n) is 11.7. The van der Waals surface area contributed by atoms with Crippen molar-refractivity contribution >= 4 is 47.6 Å². The van der Waals surface area contributed by atoms with E-state index in [4.69, 9.17) is 9.16 Å². The first-order valence-corrected chi connectivity index (χ1v) is 20.6. The number of hydrogen-bond acceptors (Lipinski definition) is 7. The van der Waals surface area contributed by atoms with Gasteiger partial charge < -0.3 is 24.7 Å². The maximum atomic E-state index is 14.5. The summed E-state index contributed by atoms with van der Waals surface area (Å²) in [6, 6.07) is 44.5. The molecule has 0 unspecified atom stereocenters. The zero-order valence-electron chi connectivity index (χ0n) is 30.8. The van der Waals surface area contributed by atoms with Gasteiger partial charge in [0.1, 0.15) is 5.75 Å². The minimum Gasteiger partial charge on any atom is -0.508 e. The van der Waals surface area contributed by atoms with Gasteiger partial charge in [0, 0.05) is 29.8 Å². The number of phenolic OH excluding ortho intramolecular Hbond substituents is 1. The van der Waals surface area contributed by atoms with Gasteiger partial charge in [-0.05, 0) is 82.3 Å². The van der Waals surface area contributed by atoms with Crippen LogP contribution in [0.3, 0.4) is 0 Å². The first-order chi connectivity index (χ1) is 26.0. The molecule has 0 aromatic heterocycles. The lowest BCUT2D eigenvalue weighted by Gasteiger charge is -2.48. The van der Waals surface area contributed by atoms with Crippen LogP contribution in [0.15, 0.2) is 140 Å². The number of amides is 2. The van der Waals surface area contributed by atoms with Crippen molar-refractivity contribution in [2.75, 3.05) is 16.8 Å². The molecule has 0 spiro atoms. The number of benzene rings is 5. The highest BCUT2D eigenvalue weighted by molar-refractivity contribution is 6.99. The van der Waals surface area contributed by atoms with Crippen molar-refractivity contribution < 1.29 is 29.0 Å². The summed E-state index contributed by atoms with van der Waals surface area (Å²) < 4.78 is 14.0. The molecule has 276 valence electrons. The molecule has 1 saturated carbocycles. The molecule has 2 aliphatic heterocycles. The van der Waals surface area contributed by atoms with Gasteiger partial charge in [0.2, 0.25) is 11.8 Å². The summed E-state index contributed by atoms with van der Waals surface area (Å²) in [5.41, 5.74) is 3.04. The van der Waals surface area contributed by atoms with Crippen molar-refractivity contribution in [1.82, 2.24) is 0 Å². The van der Waals surface area contributed by atoms with Crippen LogP contribution < -0.4 is 20.6 Å². The van der Waals surface area contributed by atoms with Crippen LogP contribution in [0.2, 0.25) is 5.04 Å². The minimum atomic E-state index is -3.02. The van der Waals surface area contributed by atoms with Crippen LogP contribution in [0.4, 0.5) is 17.1 Å². The molecular formula is C45H46N2O6Si. The number of aromatic hydroxyl groups is 1. The fourth-order valence-corrected chi connectivity index (χ4v) is 13.8. The summed E-state index contributed by atoms with van der Waals surface area (Å²) in [5, 5.41) is 28.1. The van der Waals surface area contributed by atoms with E-state index in [1.807, 2.05) is 78.9 Å². The number of phenols is 1. The Morgan fingerprint density at radius 3 is 1.89 bits per heavy atom. The molecule has 0 radical (unpaired) electrons. The Labute approximate surface area is 317 Å². The van der Waals surface area contributed by atoms with Crippen LogP contribution in [-0.4, -0.2) is 42.7 Å². The first kappa shape index (κ1) is 35.9. The van der Waals surface area contributed by atoms with Crippen LogP contribution >= 0.6 is 0 Å². The first-order valence-electron chi connectivity index (χ1n) is 18.7. The Bertz CT molecular complexity index is 2070. The van der Waals surface area contributed by atoms with Gasteiger partial charge in [-0.15, -0.1) is 0 Å². The summed E-state index contributed by atoms with van der Waals surface area (Å²) in [6.07, 6.45) is 0.0210. The van der Waals surface area contributed by atoms with Gasteiger partial charge in [-0.25, -0.2) is 0 Å². The molecule has 5 aromatic carbocycles. The van der Waals surface area contributed by atoms with Crippen molar-refractivity contribution in [3.63, 3.8) is 0 Å². The molecule has 3 fully saturated rings. The van der Waals surface area contributed by atoms with E-state index in [1.54, 1.807) is 36.4 Å². The summed E-state index contributed by atoms with van der Waals surface area (Å²) in [6.45, 7) is 6.75. The standard InChI is InChI=1S/C45H46N2O6Si/c1-44(2,3)54(36-15-9-5-10-16-36,37-17-11-6-12-18-37)52-29-31-27-38-41(39-28-40(53-45(31,39)51)30-19-25-35(48)26-20-30)43(50)47(42(38)49)34-23-21-33(22-24-34)46-32-13-7-4-8-14-32/h4-26,31,38-41,46,48,51H,27-29H2,1-3H3/t31-,38+,39+,40+,41+,45-/m1/s1. The van der Waals surface area contributed by atoms with Crippen LogP contribution in [0.1, 0.15) is 45.3 Å². The van der Waals surface area contributed by atoms with E-state index < -0.39 is 43.9 Å². The van der Waals surface area contributed by atoms with Crippen LogP contribution in [0.5, 0.6) is 5.75 Å². The molecule has 2 saturated heterocycles.